The van der Waals surface area contributed by atoms with E-state index in [1.165, 1.54) is 29.7 Å². The summed E-state index contributed by atoms with van der Waals surface area (Å²) in [7, 11) is -0.0271. The molecule has 0 spiro atoms. The first-order chi connectivity index (χ1) is 7.42. The average Bonchev–Trinajstić information content (AvgIpc) is 2.59. The topological polar surface area (TPSA) is 49.4 Å². The van der Waals surface area contributed by atoms with Gasteiger partial charge in [0.25, 0.3) is 0 Å². The molecule has 0 fully saturated rings. The molecule has 16 heavy (non-hydrogen) atoms. The summed E-state index contributed by atoms with van der Waals surface area (Å²) in [6, 6.07) is 3.76. The van der Waals surface area contributed by atoms with Crippen molar-refractivity contribution >= 4 is 33.0 Å². The van der Waals surface area contributed by atoms with Crippen molar-refractivity contribution in [2.24, 2.45) is 0 Å². The Morgan fingerprint density at radius 2 is 2.12 bits per heavy atom. The van der Waals surface area contributed by atoms with Crippen LogP contribution in [0.25, 0.3) is 0 Å². The Kier molecular flexibility index (Phi) is 5.20. The molecular formula is C9H15ClN2O2S2. The second-order valence-electron chi connectivity index (χ2n) is 3.48. The first-order valence-electron chi connectivity index (χ1n) is 4.77. The minimum atomic E-state index is -3.10. The lowest BCUT2D eigenvalue weighted by molar-refractivity contribution is 0.517. The van der Waals surface area contributed by atoms with Crippen LogP contribution in [0, 0.1) is 0 Å². The highest BCUT2D eigenvalue weighted by atomic mass is 35.5. The van der Waals surface area contributed by atoms with Gasteiger partial charge in [-0.15, -0.1) is 11.3 Å². The number of halogens is 1. The molecule has 0 saturated heterocycles. The van der Waals surface area contributed by atoms with E-state index < -0.39 is 10.0 Å². The molecule has 0 aliphatic heterocycles. The molecule has 1 aromatic rings. The summed E-state index contributed by atoms with van der Waals surface area (Å²) in [5, 5.41) is 3.07. The van der Waals surface area contributed by atoms with Crippen molar-refractivity contribution in [1.82, 2.24) is 9.62 Å². The van der Waals surface area contributed by atoms with Crippen LogP contribution >= 0.6 is 22.9 Å². The summed E-state index contributed by atoms with van der Waals surface area (Å²) in [6.45, 7) is 1.09. The van der Waals surface area contributed by atoms with E-state index in [1.54, 1.807) is 0 Å². The fourth-order valence-corrected chi connectivity index (χ4v) is 2.87. The fourth-order valence-electron chi connectivity index (χ4n) is 1.04. The van der Waals surface area contributed by atoms with E-state index in [4.69, 9.17) is 11.6 Å². The molecule has 0 aliphatic rings. The molecule has 0 saturated carbocycles. The van der Waals surface area contributed by atoms with Gasteiger partial charge in [0.15, 0.2) is 0 Å². The van der Waals surface area contributed by atoms with E-state index in [9.17, 15) is 8.42 Å². The van der Waals surface area contributed by atoms with Gasteiger partial charge in [0.2, 0.25) is 10.0 Å². The van der Waals surface area contributed by atoms with Crippen LogP contribution in [0.4, 0.5) is 0 Å². The van der Waals surface area contributed by atoms with Gasteiger partial charge in [-0.25, -0.2) is 12.7 Å². The van der Waals surface area contributed by atoms with Crippen LogP contribution < -0.4 is 5.32 Å². The highest BCUT2D eigenvalue weighted by Crippen LogP contribution is 2.20. The first-order valence-corrected chi connectivity index (χ1v) is 7.57. The minimum absolute atomic E-state index is 0.110. The SMILES string of the molecule is CN(C)S(=O)(=O)CCNCc1ccc(Cl)s1. The maximum Gasteiger partial charge on any atom is 0.214 e. The summed E-state index contributed by atoms with van der Waals surface area (Å²) in [5.74, 6) is 0.110. The van der Waals surface area contributed by atoms with Crippen molar-refractivity contribution in [2.45, 2.75) is 6.54 Å². The zero-order chi connectivity index (χ0) is 12.2. The molecule has 0 radical (unpaired) electrons. The van der Waals surface area contributed by atoms with Crippen LogP contribution in [0.2, 0.25) is 4.34 Å². The third kappa shape index (κ3) is 4.39. The van der Waals surface area contributed by atoms with E-state index in [1.807, 2.05) is 12.1 Å². The predicted molar refractivity (Wildman–Crippen MR) is 68.5 cm³/mol. The Hall–Kier alpha value is -0.140. The molecule has 0 bridgehead atoms. The van der Waals surface area contributed by atoms with Gasteiger partial charge in [0.05, 0.1) is 10.1 Å². The van der Waals surface area contributed by atoms with Crippen LogP contribution in [-0.4, -0.2) is 39.1 Å². The summed E-state index contributed by atoms with van der Waals surface area (Å²) in [4.78, 5) is 1.10. The number of nitrogens with one attached hydrogen (secondary N) is 1. The zero-order valence-electron chi connectivity index (χ0n) is 9.23. The number of hydrogen-bond donors (Lipinski definition) is 1. The average molecular weight is 283 g/mol. The summed E-state index contributed by atoms with van der Waals surface area (Å²) < 4.78 is 24.8. The maximum absolute atomic E-state index is 11.4. The minimum Gasteiger partial charge on any atom is -0.311 e. The molecule has 0 atom stereocenters. The molecule has 0 aromatic carbocycles. The highest BCUT2D eigenvalue weighted by molar-refractivity contribution is 7.89. The molecule has 92 valence electrons. The third-order valence-corrected chi connectivity index (χ3v) is 5.09. The Bertz CT molecular complexity index is 428. The maximum atomic E-state index is 11.4. The van der Waals surface area contributed by atoms with Gasteiger partial charge in [-0.2, -0.15) is 0 Å². The first kappa shape index (κ1) is 13.9. The molecule has 0 aliphatic carbocycles. The molecule has 1 heterocycles. The van der Waals surface area contributed by atoms with Crippen molar-refractivity contribution in [3.63, 3.8) is 0 Å². The van der Waals surface area contributed by atoms with Crippen LogP contribution in [0.1, 0.15) is 4.88 Å². The van der Waals surface area contributed by atoms with Gasteiger partial charge in [-0.05, 0) is 12.1 Å². The Labute approximate surface area is 105 Å². The van der Waals surface area contributed by atoms with Crippen LogP contribution in [0.15, 0.2) is 12.1 Å². The summed E-state index contributed by atoms with van der Waals surface area (Å²) in [6.07, 6.45) is 0. The Morgan fingerprint density at radius 1 is 1.44 bits per heavy atom. The second-order valence-corrected chi connectivity index (χ2v) is 7.58. The second kappa shape index (κ2) is 5.97. The monoisotopic (exact) mass is 282 g/mol. The standard InChI is InChI=1S/C9H15ClN2O2S2/c1-12(2)16(13,14)6-5-11-7-8-3-4-9(10)15-8/h3-4,11H,5-7H2,1-2H3. The largest absolute Gasteiger partial charge is 0.311 e. The van der Waals surface area contributed by atoms with Crippen molar-refractivity contribution in [1.29, 1.82) is 0 Å². The summed E-state index contributed by atoms with van der Waals surface area (Å²) in [5.41, 5.74) is 0. The normalized spacial score (nSPS) is 12.2. The molecular weight excluding hydrogens is 268 g/mol. The van der Waals surface area contributed by atoms with Crippen LogP contribution in [0.3, 0.4) is 0 Å². The zero-order valence-corrected chi connectivity index (χ0v) is 11.6. The summed E-state index contributed by atoms with van der Waals surface area (Å²) >= 11 is 7.27. The lowest BCUT2D eigenvalue weighted by Crippen LogP contribution is -2.30. The quantitative estimate of drug-likeness (QED) is 0.802. The molecule has 0 unspecified atom stereocenters. The Morgan fingerprint density at radius 3 is 2.62 bits per heavy atom. The van der Waals surface area contributed by atoms with Gasteiger partial charge in [0, 0.05) is 32.1 Å². The van der Waals surface area contributed by atoms with Gasteiger partial charge in [0.1, 0.15) is 0 Å². The molecule has 0 amide bonds. The highest BCUT2D eigenvalue weighted by Gasteiger charge is 2.12. The molecule has 1 aromatic heterocycles. The number of hydrogen-bond acceptors (Lipinski definition) is 4. The molecule has 4 nitrogen and oxygen atoms in total. The lowest BCUT2D eigenvalue weighted by Gasteiger charge is -2.11. The number of sulfonamides is 1. The molecule has 1 N–H and O–H groups in total. The van der Waals surface area contributed by atoms with E-state index in [2.05, 4.69) is 5.32 Å². The lowest BCUT2D eigenvalue weighted by atomic mass is 10.4. The van der Waals surface area contributed by atoms with Crippen molar-refractivity contribution in [2.75, 3.05) is 26.4 Å². The molecule has 1 rings (SSSR count). The van der Waals surface area contributed by atoms with Crippen LogP contribution in [0.5, 0.6) is 0 Å². The smallest absolute Gasteiger partial charge is 0.214 e. The van der Waals surface area contributed by atoms with E-state index in [0.29, 0.717) is 13.1 Å². The van der Waals surface area contributed by atoms with Crippen molar-refractivity contribution < 1.29 is 8.42 Å². The van der Waals surface area contributed by atoms with E-state index in [0.717, 1.165) is 9.21 Å². The molecule has 7 heteroatoms. The third-order valence-electron chi connectivity index (χ3n) is 2.02. The Balaban J connectivity index is 2.27. The van der Waals surface area contributed by atoms with E-state index >= 15 is 0 Å². The van der Waals surface area contributed by atoms with Crippen molar-refractivity contribution in [3.05, 3.63) is 21.3 Å². The number of nitrogens with zero attached hydrogens (tertiary/aromatic N) is 1. The van der Waals surface area contributed by atoms with Gasteiger partial charge < -0.3 is 5.32 Å². The van der Waals surface area contributed by atoms with E-state index in [-0.39, 0.29) is 5.75 Å². The van der Waals surface area contributed by atoms with Gasteiger partial charge in [-0.3, -0.25) is 0 Å². The number of rotatable bonds is 6. The van der Waals surface area contributed by atoms with Gasteiger partial charge in [-0.1, -0.05) is 11.6 Å². The predicted octanol–water partition coefficient (Wildman–Crippen LogP) is 1.38. The van der Waals surface area contributed by atoms with Crippen LogP contribution in [-0.2, 0) is 16.6 Å². The van der Waals surface area contributed by atoms with Gasteiger partial charge >= 0.3 is 0 Å². The van der Waals surface area contributed by atoms with Crippen molar-refractivity contribution in [3.8, 4) is 0 Å². The fraction of sp³-hybridized carbons (Fsp3) is 0.556. The number of thiophene rings is 1.